The van der Waals surface area contributed by atoms with Crippen molar-refractivity contribution in [2.45, 2.75) is 26.8 Å². The Kier molecular flexibility index (Phi) is 5.54. The summed E-state index contributed by atoms with van der Waals surface area (Å²) in [5.41, 5.74) is 0.942. The van der Waals surface area contributed by atoms with Crippen molar-refractivity contribution in [2.24, 2.45) is 11.8 Å². The summed E-state index contributed by atoms with van der Waals surface area (Å²) in [6.45, 7) is 8.42. The van der Waals surface area contributed by atoms with Crippen LogP contribution in [0.4, 0.5) is 0 Å². The lowest BCUT2D eigenvalue weighted by Gasteiger charge is -2.09. The first-order valence-electron chi connectivity index (χ1n) is 6.98. The van der Waals surface area contributed by atoms with Crippen molar-refractivity contribution >= 4 is 0 Å². The predicted octanol–water partition coefficient (Wildman–Crippen LogP) is 1.64. The second kappa shape index (κ2) is 7.40. The zero-order valence-corrected chi connectivity index (χ0v) is 11.8. The van der Waals surface area contributed by atoms with E-state index in [1.165, 1.54) is 0 Å². The number of nitrogens with zero attached hydrogens (tertiary/aromatic N) is 2. The summed E-state index contributed by atoms with van der Waals surface area (Å²) in [4.78, 5) is 0. The molecule has 1 atom stereocenters. The second-order valence-electron chi connectivity index (χ2n) is 5.43. The standard InChI is InChI=1S/C14H23N3O2/c1-11(2)7-15-8-13-3-4-14(17-16-13)19-10-12-5-6-18-9-12/h3-4,11-12,15H,5-10H2,1-2H3. The van der Waals surface area contributed by atoms with Crippen LogP contribution in [0.15, 0.2) is 12.1 Å². The van der Waals surface area contributed by atoms with Gasteiger partial charge in [0, 0.05) is 25.1 Å². The molecule has 0 bridgehead atoms. The quantitative estimate of drug-likeness (QED) is 0.812. The minimum Gasteiger partial charge on any atom is -0.476 e. The van der Waals surface area contributed by atoms with E-state index in [2.05, 4.69) is 29.4 Å². The molecule has 1 aliphatic rings. The topological polar surface area (TPSA) is 56.3 Å². The number of hydrogen-bond acceptors (Lipinski definition) is 5. The Morgan fingerprint density at radius 2 is 2.32 bits per heavy atom. The monoisotopic (exact) mass is 265 g/mol. The van der Waals surface area contributed by atoms with Gasteiger partial charge in [0.2, 0.25) is 5.88 Å². The zero-order valence-electron chi connectivity index (χ0n) is 11.8. The van der Waals surface area contributed by atoms with E-state index in [-0.39, 0.29) is 0 Å². The third kappa shape index (κ3) is 5.12. The number of rotatable bonds is 7. The van der Waals surface area contributed by atoms with Crippen LogP contribution in [0, 0.1) is 11.8 Å². The summed E-state index contributed by atoms with van der Waals surface area (Å²) >= 11 is 0. The van der Waals surface area contributed by atoms with E-state index in [1.54, 1.807) is 0 Å². The number of nitrogens with one attached hydrogen (secondary N) is 1. The maximum absolute atomic E-state index is 5.61. The Hall–Kier alpha value is -1.20. The van der Waals surface area contributed by atoms with Gasteiger partial charge in [0.05, 0.1) is 18.9 Å². The van der Waals surface area contributed by atoms with Gasteiger partial charge in [-0.2, -0.15) is 5.10 Å². The molecule has 1 aromatic rings. The normalized spacial score (nSPS) is 19.0. The zero-order chi connectivity index (χ0) is 13.5. The molecule has 5 nitrogen and oxygen atoms in total. The van der Waals surface area contributed by atoms with Gasteiger partial charge in [-0.05, 0) is 24.9 Å². The molecule has 0 spiro atoms. The molecule has 1 N–H and O–H groups in total. The van der Waals surface area contributed by atoms with Crippen molar-refractivity contribution in [3.05, 3.63) is 17.8 Å². The van der Waals surface area contributed by atoms with E-state index in [4.69, 9.17) is 9.47 Å². The molecule has 2 heterocycles. The smallest absolute Gasteiger partial charge is 0.233 e. The first-order valence-corrected chi connectivity index (χ1v) is 6.98. The summed E-state index contributed by atoms with van der Waals surface area (Å²) in [5.74, 6) is 1.73. The first-order chi connectivity index (χ1) is 9.24. The van der Waals surface area contributed by atoms with Gasteiger partial charge < -0.3 is 14.8 Å². The fraction of sp³-hybridized carbons (Fsp3) is 0.714. The molecular weight excluding hydrogens is 242 g/mol. The molecule has 106 valence electrons. The van der Waals surface area contributed by atoms with Gasteiger partial charge in [-0.25, -0.2) is 0 Å². The van der Waals surface area contributed by atoms with Crippen LogP contribution in [0.5, 0.6) is 5.88 Å². The molecule has 1 aromatic heterocycles. The molecule has 0 amide bonds. The van der Waals surface area contributed by atoms with Crippen LogP contribution in [0.1, 0.15) is 26.0 Å². The maximum Gasteiger partial charge on any atom is 0.233 e. The summed E-state index contributed by atoms with van der Waals surface area (Å²) in [5, 5.41) is 11.6. The molecule has 1 aliphatic heterocycles. The summed E-state index contributed by atoms with van der Waals surface area (Å²) < 4.78 is 10.9. The van der Waals surface area contributed by atoms with Crippen LogP contribution in [0.25, 0.3) is 0 Å². The molecule has 19 heavy (non-hydrogen) atoms. The van der Waals surface area contributed by atoms with E-state index in [0.717, 1.165) is 38.4 Å². The maximum atomic E-state index is 5.61. The fourth-order valence-corrected chi connectivity index (χ4v) is 1.93. The lowest BCUT2D eigenvalue weighted by molar-refractivity contribution is 0.165. The molecule has 1 saturated heterocycles. The fourth-order valence-electron chi connectivity index (χ4n) is 1.93. The van der Waals surface area contributed by atoms with Crippen LogP contribution in [0.3, 0.4) is 0 Å². The number of ether oxygens (including phenoxy) is 2. The van der Waals surface area contributed by atoms with E-state index in [9.17, 15) is 0 Å². The molecule has 2 rings (SSSR count). The number of hydrogen-bond donors (Lipinski definition) is 1. The van der Waals surface area contributed by atoms with E-state index >= 15 is 0 Å². The molecule has 0 radical (unpaired) electrons. The molecule has 0 aromatic carbocycles. The molecule has 1 fully saturated rings. The lowest BCUT2D eigenvalue weighted by atomic mass is 10.1. The Balaban J connectivity index is 1.71. The summed E-state index contributed by atoms with van der Waals surface area (Å²) in [6, 6.07) is 3.84. The van der Waals surface area contributed by atoms with Crippen molar-refractivity contribution < 1.29 is 9.47 Å². The van der Waals surface area contributed by atoms with Gasteiger partial charge >= 0.3 is 0 Å². The third-order valence-electron chi connectivity index (χ3n) is 3.04. The Bertz CT molecular complexity index is 361. The van der Waals surface area contributed by atoms with Gasteiger partial charge in [-0.1, -0.05) is 13.8 Å². The lowest BCUT2D eigenvalue weighted by Crippen LogP contribution is -2.20. The average molecular weight is 265 g/mol. The largest absolute Gasteiger partial charge is 0.476 e. The van der Waals surface area contributed by atoms with E-state index in [0.29, 0.717) is 24.3 Å². The Morgan fingerprint density at radius 1 is 1.42 bits per heavy atom. The Morgan fingerprint density at radius 3 is 2.95 bits per heavy atom. The van der Waals surface area contributed by atoms with Crippen molar-refractivity contribution in [3.8, 4) is 5.88 Å². The number of aromatic nitrogens is 2. The molecule has 5 heteroatoms. The highest BCUT2D eigenvalue weighted by Gasteiger charge is 2.16. The highest BCUT2D eigenvalue weighted by Crippen LogP contribution is 2.14. The van der Waals surface area contributed by atoms with Crippen molar-refractivity contribution in [2.75, 3.05) is 26.4 Å². The van der Waals surface area contributed by atoms with Gasteiger partial charge in [0.25, 0.3) is 0 Å². The molecular formula is C14H23N3O2. The minimum atomic E-state index is 0.495. The molecule has 1 unspecified atom stereocenters. The van der Waals surface area contributed by atoms with Crippen molar-refractivity contribution in [3.63, 3.8) is 0 Å². The second-order valence-corrected chi connectivity index (χ2v) is 5.43. The van der Waals surface area contributed by atoms with Crippen molar-refractivity contribution in [1.29, 1.82) is 0 Å². The van der Waals surface area contributed by atoms with Crippen LogP contribution >= 0.6 is 0 Å². The highest BCUT2D eigenvalue weighted by atomic mass is 16.5. The van der Waals surface area contributed by atoms with Crippen LogP contribution in [-0.2, 0) is 11.3 Å². The predicted molar refractivity (Wildman–Crippen MR) is 73.0 cm³/mol. The summed E-state index contributed by atoms with van der Waals surface area (Å²) in [7, 11) is 0. The van der Waals surface area contributed by atoms with Gasteiger partial charge in [-0.15, -0.1) is 5.10 Å². The SMILES string of the molecule is CC(C)CNCc1ccc(OCC2CCOC2)nn1. The van der Waals surface area contributed by atoms with Crippen LogP contribution in [-0.4, -0.2) is 36.6 Å². The highest BCUT2D eigenvalue weighted by molar-refractivity contribution is 5.11. The van der Waals surface area contributed by atoms with Crippen LogP contribution < -0.4 is 10.1 Å². The van der Waals surface area contributed by atoms with E-state index < -0.39 is 0 Å². The van der Waals surface area contributed by atoms with Crippen molar-refractivity contribution in [1.82, 2.24) is 15.5 Å². The molecule has 0 saturated carbocycles. The summed E-state index contributed by atoms with van der Waals surface area (Å²) in [6.07, 6.45) is 1.07. The molecule has 0 aliphatic carbocycles. The first kappa shape index (κ1) is 14.2. The van der Waals surface area contributed by atoms with Crippen LogP contribution in [0.2, 0.25) is 0 Å². The van der Waals surface area contributed by atoms with Gasteiger partial charge in [0.15, 0.2) is 0 Å². The minimum absolute atomic E-state index is 0.495. The Labute approximate surface area is 114 Å². The average Bonchev–Trinajstić information content (AvgIpc) is 2.90. The van der Waals surface area contributed by atoms with E-state index in [1.807, 2.05) is 12.1 Å². The van der Waals surface area contributed by atoms with Gasteiger partial charge in [0.1, 0.15) is 0 Å². The van der Waals surface area contributed by atoms with Gasteiger partial charge in [-0.3, -0.25) is 0 Å². The third-order valence-corrected chi connectivity index (χ3v) is 3.04.